The number of piperazine rings is 1. The minimum atomic E-state index is -0.235. The number of nitrogens with one attached hydrogen (secondary N) is 1. The summed E-state index contributed by atoms with van der Waals surface area (Å²) in [5.74, 6) is 0.552. The van der Waals surface area contributed by atoms with Crippen molar-refractivity contribution in [1.29, 1.82) is 0 Å². The highest BCUT2D eigenvalue weighted by atomic mass is 16.3. The lowest BCUT2D eigenvalue weighted by atomic mass is 9.93. The van der Waals surface area contributed by atoms with Crippen molar-refractivity contribution in [3.63, 3.8) is 0 Å². The Hall–Kier alpha value is -0.650. The Kier molecular flexibility index (Phi) is 4.97. The first kappa shape index (κ1) is 13.8. The maximum atomic E-state index is 11.2. The zero-order valence-corrected chi connectivity index (χ0v) is 11.3. The SMILES string of the molecule is CC(=O)N1CCN(CC(O)C2CCCNC2)CC1. The maximum absolute atomic E-state index is 11.2. The van der Waals surface area contributed by atoms with E-state index >= 15 is 0 Å². The molecular weight excluding hydrogens is 230 g/mol. The summed E-state index contributed by atoms with van der Waals surface area (Å²) in [6.07, 6.45) is 2.06. The van der Waals surface area contributed by atoms with E-state index in [1.54, 1.807) is 6.92 Å². The van der Waals surface area contributed by atoms with E-state index in [4.69, 9.17) is 0 Å². The van der Waals surface area contributed by atoms with Crippen molar-refractivity contribution in [3.8, 4) is 0 Å². The normalized spacial score (nSPS) is 28.1. The second-order valence-electron chi connectivity index (χ2n) is 5.48. The summed E-state index contributed by atoms with van der Waals surface area (Å²) in [6.45, 7) is 7.76. The van der Waals surface area contributed by atoms with Crippen LogP contribution in [0.25, 0.3) is 0 Å². The molecule has 5 nitrogen and oxygen atoms in total. The molecule has 2 aliphatic heterocycles. The summed E-state index contributed by atoms with van der Waals surface area (Å²) in [5.41, 5.74) is 0. The van der Waals surface area contributed by atoms with Gasteiger partial charge in [-0.25, -0.2) is 0 Å². The summed E-state index contributed by atoms with van der Waals surface area (Å²) in [6, 6.07) is 0. The molecule has 0 aromatic carbocycles. The number of hydrogen-bond acceptors (Lipinski definition) is 4. The lowest BCUT2D eigenvalue weighted by molar-refractivity contribution is -0.130. The fourth-order valence-corrected chi connectivity index (χ4v) is 2.87. The van der Waals surface area contributed by atoms with E-state index in [0.29, 0.717) is 5.92 Å². The summed E-state index contributed by atoms with van der Waals surface area (Å²) in [5, 5.41) is 13.6. The Balaban J connectivity index is 1.71. The highest BCUT2D eigenvalue weighted by Gasteiger charge is 2.25. The summed E-state index contributed by atoms with van der Waals surface area (Å²) >= 11 is 0. The van der Waals surface area contributed by atoms with Crippen LogP contribution in [-0.4, -0.2) is 72.7 Å². The van der Waals surface area contributed by atoms with E-state index in [1.165, 1.54) is 6.42 Å². The third kappa shape index (κ3) is 3.67. The van der Waals surface area contributed by atoms with Gasteiger partial charge >= 0.3 is 0 Å². The Labute approximate surface area is 109 Å². The second-order valence-corrected chi connectivity index (χ2v) is 5.48. The molecule has 2 aliphatic rings. The molecule has 2 heterocycles. The van der Waals surface area contributed by atoms with Gasteiger partial charge in [-0.05, 0) is 25.3 Å². The van der Waals surface area contributed by atoms with Crippen molar-refractivity contribution < 1.29 is 9.90 Å². The number of β-amino-alcohol motifs (C(OH)–C–C–N with tert-alkyl or cyclic N) is 1. The fourth-order valence-electron chi connectivity index (χ4n) is 2.87. The van der Waals surface area contributed by atoms with Crippen molar-refractivity contribution in [3.05, 3.63) is 0 Å². The number of aliphatic hydroxyl groups excluding tert-OH is 1. The second kappa shape index (κ2) is 6.50. The van der Waals surface area contributed by atoms with Crippen LogP contribution in [0.2, 0.25) is 0 Å². The lowest BCUT2D eigenvalue weighted by Gasteiger charge is -2.37. The minimum absolute atomic E-state index is 0.159. The summed E-state index contributed by atoms with van der Waals surface area (Å²) in [7, 11) is 0. The van der Waals surface area contributed by atoms with Gasteiger partial charge in [0, 0.05) is 46.2 Å². The number of hydrogen-bond donors (Lipinski definition) is 2. The molecule has 18 heavy (non-hydrogen) atoms. The van der Waals surface area contributed by atoms with E-state index in [9.17, 15) is 9.90 Å². The fraction of sp³-hybridized carbons (Fsp3) is 0.923. The van der Waals surface area contributed by atoms with Gasteiger partial charge in [0.1, 0.15) is 0 Å². The molecule has 2 unspecified atom stereocenters. The Morgan fingerprint density at radius 2 is 2.11 bits per heavy atom. The van der Waals surface area contributed by atoms with E-state index in [1.807, 2.05) is 4.90 Å². The molecular formula is C13H25N3O2. The van der Waals surface area contributed by atoms with Crippen molar-refractivity contribution in [2.75, 3.05) is 45.8 Å². The Morgan fingerprint density at radius 3 is 2.67 bits per heavy atom. The molecule has 0 saturated carbocycles. The van der Waals surface area contributed by atoms with Crippen molar-refractivity contribution >= 4 is 5.91 Å². The van der Waals surface area contributed by atoms with Crippen LogP contribution in [-0.2, 0) is 4.79 Å². The van der Waals surface area contributed by atoms with Crippen LogP contribution >= 0.6 is 0 Å². The zero-order valence-electron chi connectivity index (χ0n) is 11.3. The van der Waals surface area contributed by atoms with Crippen LogP contribution in [0, 0.1) is 5.92 Å². The molecule has 104 valence electrons. The number of nitrogens with zero attached hydrogens (tertiary/aromatic N) is 2. The van der Waals surface area contributed by atoms with Crippen molar-refractivity contribution in [2.24, 2.45) is 5.92 Å². The third-order valence-electron chi connectivity index (χ3n) is 4.14. The molecule has 0 radical (unpaired) electrons. The molecule has 0 aromatic heterocycles. The van der Waals surface area contributed by atoms with Gasteiger partial charge in [0.05, 0.1) is 6.10 Å². The van der Waals surface area contributed by atoms with Crippen LogP contribution < -0.4 is 5.32 Å². The minimum Gasteiger partial charge on any atom is -0.391 e. The molecule has 2 rings (SSSR count). The van der Waals surface area contributed by atoms with Crippen molar-refractivity contribution in [1.82, 2.24) is 15.1 Å². The van der Waals surface area contributed by atoms with Gasteiger partial charge in [-0.2, -0.15) is 0 Å². The molecule has 2 atom stereocenters. The Morgan fingerprint density at radius 1 is 1.39 bits per heavy atom. The number of amides is 1. The molecule has 2 fully saturated rings. The molecule has 5 heteroatoms. The van der Waals surface area contributed by atoms with Crippen LogP contribution in [0.1, 0.15) is 19.8 Å². The van der Waals surface area contributed by atoms with E-state index < -0.39 is 0 Å². The van der Waals surface area contributed by atoms with E-state index in [-0.39, 0.29) is 12.0 Å². The zero-order chi connectivity index (χ0) is 13.0. The quantitative estimate of drug-likeness (QED) is 0.714. The molecule has 0 bridgehead atoms. The van der Waals surface area contributed by atoms with Crippen molar-refractivity contribution in [2.45, 2.75) is 25.9 Å². The average molecular weight is 255 g/mol. The number of carbonyl (C=O) groups excluding carboxylic acids is 1. The van der Waals surface area contributed by atoms with Crippen LogP contribution in [0.5, 0.6) is 0 Å². The first-order chi connectivity index (χ1) is 8.66. The van der Waals surface area contributed by atoms with E-state index in [2.05, 4.69) is 10.2 Å². The molecule has 2 N–H and O–H groups in total. The van der Waals surface area contributed by atoms with E-state index in [0.717, 1.165) is 52.2 Å². The van der Waals surface area contributed by atoms with Gasteiger partial charge < -0.3 is 15.3 Å². The molecule has 1 amide bonds. The molecule has 0 aromatic rings. The van der Waals surface area contributed by atoms with Crippen LogP contribution in [0.3, 0.4) is 0 Å². The maximum Gasteiger partial charge on any atom is 0.219 e. The molecule has 2 saturated heterocycles. The van der Waals surface area contributed by atoms with Gasteiger partial charge in [-0.3, -0.25) is 9.69 Å². The predicted octanol–water partition coefficient (Wildman–Crippen LogP) is -0.489. The number of carbonyl (C=O) groups is 1. The first-order valence-corrected chi connectivity index (χ1v) is 7.03. The average Bonchev–Trinajstić information content (AvgIpc) is 2.40. The number of piperidine rings is 1. The van der Waals surface area contributed by atoms with Gasteiger partial charge in [-0.1, -0.05) is 0 Å². The highest BCUT2D eigenvalue weighted by Crippen LogP contribution is 2.16. The predicted molar refractivity (Wildman–Crippen MR) is 70.3 cm³/mol. The highest BCUT2D eigenvalue weighted by molar-refractivity contribution is 5.73. The van der Waals surface area contributed by atoms with Gasteiger partial charge in [0.15, 0.2) is 0 Å². The lowest BCUT2D eigenvalue weighted by Crippen LogP contribution is -2.51. The number of aliphatic hydroxyl groups is 1. The largest absolute Gasteiger partial charge is 0.391 e. The molecule has 0 aliphatic carbocycles. The van der Waals surface area contributed by atoms with Gasteiger partial charge in [-0.15, -0.1) is 0 Å². The topological polar surface area (TPSA) is 55.8 Å². The van der Waals surface area contributed by atoms with Gasteiger partial charge in [0.2, 0.25) is 5.91 Å². The summed E-state index contributed by atoms with van der Waals surface area (Å²) in [4.78, 5) is 15.4. The number of rotatable bonds is 3. The summed E-state index contributed by atoms with van der Waals surface area (Å²) < 4.78 is 0. The standard InChI is InChI=1S/C13H25N3O2/c1-11(17)16-7-5-15(6-8-16)10-13(18)12-3-2-4-14-9-12/h12-14,18H,2-10H2,1H3. The van der Waals surface area contributed by atoms with Gasteiger partial charge in [0.25, 0.3) is 0 Å². The smallest absolute Gasteiger partial charge is 0.219 e. The molecule has 0 spiro atoms. The Bertz CT molecular complexity index is 271. The first-order valence-electron chi connectivity index (χ1n) is 7.03. The van der Waals surface area contributed by atoms with Crippen LogP contribution in [0.15, 0.2) is 0 Å². The monoisotopic (exact) mass is 255 g/mol. The van der Waals surface area contributed by atoms with Crippen LogP contribution in [0.4, 0.5) is 0 Å². The third-order valence-corrected chi connectivity index (χ3v) is 4.14.